The van der Waals surface area contributed by atoms with Gasteiger partial charge >= 0.3 is 5.69 Å². The molecule has 7 heteroatoms. The number of anilines is 2. The van der Waals surface area contributed by atoms with Gasteiger partial charge in [-0.25, -0.2) is 4.79 Å². The first-order valence-corrected chi connectivity index (χ1v) is 7.48. The Hall–Kier alpha value is -1.76. The number of nitrogens with two attached hydrogens (primary N) is 1. The molecule has 0 aliphatic heterocycles. The summed E-state index contributed by atoms with van der Waals surface area (Å²) in [7, 11) is 0. The third kappa shape index (κ3) is 4.93. The summed E-state index contributed by atoms with van der Waals surface area (Å²) < 4.78 is 1.39. The Labute approximate surface area is 124 Å². The average molecular weight is 298 g/mol. The lowest BCUT2D eigenvalue weighted by atomic mass is 10.1. The molecule has 1 atom stereocenters. The summed E-state index contributed by atoms with van der Waals surface area (Å²) >= 11 is 0. The second-order valence-corrected chi connectivity index (χ2v) is 5.38. The molecule has 0 bridgehead atoms. The van der Waals surface area contributed by atoms with Crippen LogP contribution in [0.2, 0.25) is 0 Å². The predicted molar refractivity (Wildman–Crippen MR) is 84.6 cm³/mol. The highest BCUT2D eigenvalue weighted by Crippen LogP contribution is 2.12. The summed E-state index contributed by atoms with van der Waals surface area (Å²) in [6, 6.07) is 0. The van der Waals surface area contributed by atoms with E-state index in [1.165, 1.54) is 4.57 Å². The van der Waals surface area contributed by atoms with E-state index >= 15 is 0 Å². The molecule has 0 fully saturated rings. The van der Waals surface area contributed by atoms with Gasteiger partial charge in [0, 0.05) is 19.7 Å². The maximum atomic E-state index is 11.8. The number of rotatable bonds is 9. The molecule has 21 heavy (non-hydrogen) atoms. The summed E-state index contributed by atoms with van der Waals surface area (Å²) in [4.78, 5) is 25.9. The number of aliphatic hydroxyl groups excluding tert-OH is 1. The Kier molecular flexibility index (Phi) is 7.01. The van der Waals surface area contributed by atoms with Gasteiger partial charge in [0.1, 0.15) is 11.5 Å². The van der Waals surface area contributed by atoms with E-state index in [1.54, 1.807) is 0 Å². The molecule has 0 aliphatic rings. The molecule has 0 amide bonds. The highest BCUT2D eigenvalue weighted by atomic mass is 16.3. The number of aliphatic hydroxyl groups is 1. The fraction of sp³-hybridized carbons (Fsp3) is 0.714. The van der Waals surface area contributed by atoms with Crippen LogP contribution in [0, 0.1) is 5.92 Å². The molecule has 0 spiro atoms. The minimum absolute atomic E-state index is 0.157. The zero-order chi connectivity index (χ0) is 15.8. The highest BCUT2D eigenvalue weighted by Gasteiger charge is 2.11. The maximum Gasteiger partial charge on any atom is 0.330 e. The van der Waals surface area contributed by atoms with Gasteiger partial charge in [-0.3, -0.25) is 14.3 Å². The smallest absolute Gasteiger partial charge is 0.330 e. The Morgan fingerprint density at radius 2 is 2.10 bits per heavy atom. The number of H-pyrrole nitrogens is 1. The SMILES string of the molecule is CCCCn1c(N)c(NCCCC(C)CO)c(=O)[nH]c1=O. The zero-order valence-electron chi connectivity index (χ0n) is 12.8. The van der Waals surface area contributed by atoms with Crippen LogP contribution in [0.15, 0.2) is 9.59 Å². The molecule has 1 rings (SSSR count). The molecule has 7 nitrogen and oxygen atoms in total. The van der Waals surface area contributed by atoms with Crippen LogP contribution in [0.5, 0.6) is 0 Å². The van der Waals surface area contributed by atoms with E-state index in [0.29, 0.717) is 13.1 Å². The Morgan fingerprint density at radius 3 is 2.71 bits per heavy atom. The topological polar surface area (TPSA) is 113 Å². The lowest BCUT2D eigenvalue weighted by Crippen LogP contribution is -2.34. The number of nitrogens with one attached hydrogen (secondary N) is 2. The second kappa shape index (κ2) is 8.51. The molecule has 0 aromatic carbocycles. The molecule has 0 saturated carbocycles. The molecule has 1 heterocycles. The number of hydrogen-bond donors (Lipinski definition) is 4. The van der Waals surface area contributed by atoms with Gasteiger partial charge < -0.3 is 16.2 Å². The van der Waals surface area contributed by atoms with Crippen molar-refractivity contribution >= 4 is 11.5 Å². The third-order valence-electron chi connectivity index (χ3n) is 3.46. The highest BCUT2D eigenvalue weighted by molar-refractivity contribution is 5.60. The van der Waals surface area contributed by atoms with Crippen LogP contribution in [0.1, 0.15) is 39.5 Å². The first-order valence-electron chi connectivity index (χ1n) is 7.48. The maximum absolute atomic E-state index is 11.8. The van der Waals surface area contributed by atoms with Gasteiger partial charge in [-0.2, -0.15) is 0 Å². The molecule has 5 N–H and O–H groups in total. The molecule has 1 aromatic rings. The largest absolute Gasteiger partial charge is 0.396 e. The summed E-state index contributed by atoms with van der Waals surface area (Å²) in [6.45, 7) is 5.21. The first-order chi connectivity index (χ1) is 10.0. The van der Waals surface area contributed by atoms with E-state index in [2.05, 4.69) is 10.3 Å². The molecule has 120 valence electrons. The summed E-state index contributed by atoms with van der Waals surface area (Å²) in [6.07, 6.45) is 3.43. The van der Waals surface area contributed by atoms with E-state index in [1.807, 2.05) is 13.8 Å². The first kappa shape index (κ1) is 17.3. The van der Waals surface area contributed by atoms with E-state index in [9.17, 15) is 9.59 Å². The molecular formula is C14H26N4O3. The van der Waals surface area contributed by atoms with Crippen molar-refractivity contribution < 1.29 is 5.11 Å². The van der Waals surface area contributed by atoms with Crippen molar-refractivity contribution in [3.8, 4) is 0 Å². The quantitative estimate of drug-likeness (QED) is 0.502. The normalized spacial score (nSPS) is 12.3. The minimum atomic E-state index is -0.486. The fourth-order valence-electron chi connectivity index (χ4n) is 2.05. The van der Waals surface area contributed by atoms with Crippen molar-refractivity contribution in [3.63, 3.8) is 0 Å². The molecule has 1 unspecified atom stereocenters. The molecule has 0 aliphatic carbocycles. The van der Waals surface area contributed by atoms with Crippen LogP contribution in [-0.2, 0) is 6.54 Å². The van der Waals surface area contributed by atoms with Crippen LogP contribution in [-0.4, -0.2) is 27.8 Å². The number of unbranched alkanes of at least 4 members (excludes halogenated alkanes) is 1. The number of aromatic nitrogens is 2. The number of nitrogen functional groups attached to an aromatic ring is 1. The van der Waals surface area contributed by atoms with E-state index in [0.717, 1.165) is 25.7 Å². The Bertz CT molecular complexity index is 550. The van der Waals surface area contributed by atoms with Crippen molar-refractivity contribution in [2.45, 2.75) is 46.1 Å². The molecule has 0 radical (unpaired) electrons. The minimum Gasteiger partial charge on any atom is -0.396 e. The van der Waals surface area contributed by atoms with E-state index < -0.39 is 11.2 Å². The van der Waals surface area contributed by atoms with Crippen LogP contribution in [0.25, 0.3) is 0 Å². The number of hydrogen-bond acceptors (Lipinski definition) is 5. The number of aromatic amines is 1. The third-order valence-corrected chi connectivity index (χ3v) is 3.46. The summed E-state index contributed by atoms with van der Waals surface area (Å²) in [5.74, 6) is 0.424. The van der Waals surface area contributed by atoms with Crippen molar-refractivity contribution in [2.75, 3.05) is 24.2 Å². The molecule has 1 aromatic heterocycles. The zero-order valence-corrected chi connectivity index (χ0v) is 12.8. The summed E-state index contributed by atoms with van der Waals surface area (Å²) in [5, 5.41) is 11.9. The van der Waals surface area contributed by atoms with Gasteiger partial charge in [0.25, 0.3) is 5.56 Å². The van der Waals surface area contributed by atoms with E-state index in [-0.39, 0.29) is 24.0 Å². The average Bonchev–Trinajstić information content (AvgIpc) is 2.45. The van der Waals surface area contributed by atoms with Crippen molar-refractivity contribution in [2.24, 2.45) is 5.92 Å². The van der Waals surface area contributed by atoms with Crippen LogP contribution >= 0.6 is 0 Å². The van der Waals surface area contributed by atoms with Gasteiger partial charge in [0.05, 0.1) is 0 Å². The lowest BCUT2D eigenvalue weighted by Gasteiger charge is -2.14. The molecule has 0 saturated heterocycles. The second-order valence-electron chi connectivity index (χ2n) is 5.38. The van der Waals surface area contributed by atoms with Crippen LogP contribution in [0.4, 0.5) is 11.5 Å². The van der Waals surface area contributed by atoms with Gasteiger partial charge in [-0.05, 0) is 25.2 Å². The fourth-order valence-corrected chi connectivity index (χ4v) is 2.05. The standard InChI is InChI=1S/C14H26N4O3/c1-3-4-8-18-12(15)11(13(20)17-14(18)21)16-7-5-6-10(2)9-19/h10,16,19H,3-9,15H2,1-2H3,(H,17,20,21). The van der Waals surface area contributed by atoms with Crippen molar-refractivity contribution in [3.05, 3.63) is 20.8 Å². The number of nitrogens with zero attached hydrogens (tertiary/aromatic N) is 1. The van der Waals surface area contributed by atoms with Gasteiger partial charge in [0.15, 0.2) is 0 Å². The van der Waals surface area contributed by atoms with Gasteiger partial charge in [-0.1, -0.05) is 20.3 Å². The Balaban J connectivity index is 2.77. The van der Waals surface area contributed by atoms with Gasteiger partial charge in [-0.15, -0.1) is 0 Å². The van der Waals surface area contributed by atoms with Gasteiger partial charge in [0.2, 0.25) is 0 Å². The van der Waals surface area contributed by atoms with Crippen molar-refractivity contribution in [1.82, 2.24) is 9.55 Å². The van der Waals surface area contributed by atoms with Crippen molar-refractivity contribution in [1.29, 1.82) is 0 Å². The van der Waals surface area contributed by atoms with E-state index in [4.69, 9.17) is 10.8 Å². The monoisotopic (exact) mass is 298 g/mol. The summed E-state index contributed by atoms with van der Waals surface area (Å²) in [5.41, 5.74) is 5.23. The Morgan fingerprint density at radius 1 is 1.38 bits per heavy atom. The lowest BCUT2D eigenvalue weighted by molar-refractivity contribution is 0.229. The predicted octanol–water partition coefficient (Wildman–Crippen LogP) is 0.739. The van der Waals surface area contributed by atoms with Crippen LogP contribution in [0.3, 0.4) is 0 Å². The molecular weight excluding hydrogens is 272 g/mol. The van der Waals surface area contributed by atoms with Crippen LogP contribution < -0.4 is 22.3 Å².